The van der Waals surface area contributed by atoms with Crippen molar-refractivity contribution in [2.45, 2.75) is 13.0 Å². The first-order valence-corrected chi connectivity index (χ1v) is 5.46. The number of hydrazine groups is 1. The normalized spacial score (nSPS) is 14.5. The van der Waals surface area contributed by atoms with Crippen LogP contribution < -0.4 is 0 Å². The Kier molecular flexibility index (Phi) is 3.46. The summed E-state index contributed by atoms with van der Waals surface area (Å²) in [6.07, 6.45) is 2.29. The maximum Gasteiger partial charge on any atom is 0.429 e. The maximum atomic E-state index is 11.7. The van der Waals surface area contributed by atoms with Crippen LogP contribution in [0, 0.1) is 11.5 Å². The molecule has 1 aliphatic rings. The van der Waals surface area contributed by atoms with Crippen molar-refractivity contribution < 1.29 is 9.53 Å². The smallest absolute Gasteiger partial charge is 0.429 e. The summed E-state index contributed by atoms with van der Waals surface area (Å²) in [6.45, 7) is 1.35. The fourth-order valence-electron chi connectivity index (χ4n) is 1.70. The molecule has 0 unspecified atom stereocenters. The van der Waals surface area contributed by atoms with Crippen LogP contribution >= 0.6 is 0 Å². The highest BCUT2D eigenvalue weighted by molar-refractivity contribution is 5.67. The van der Waals surface area contributed by atoms with Crippen molar-refractivity contribution in [1.29, 1.82) is 5.26 Å². The number of benzene rings is 1. The molecule has 0 spiro atoms. The molecule has 0 saturated carbocycles. The monoisotopic (exact) mass is 231 g/mol. The summed E-state index contributed by atoms with van der Waals surface area (Å²) in [4.78, 5) is 11.7. The summed E-state index contributed by atoms with van der Waals surface area (Å²) in [7, 11) is 0. The number of ether oxygens (including phenoxy) is 1. The molecule has 5 heteroatoms. The molecule has 0 aromatic heterocycles. The van der Waals surface area contributed by atoms with Gasteiger partial charge in [0.1, 0.15) is 6.61 Å². The second-order valence-corrected chi connectivity index (χ2v) is 3.74. The van der Waals surface area contributed by atoms with E-state index < -0.39 is 6.09 Å². The van der Waals surface area contributed by atoms with Gasteiger partial charge in [0.25, 0.3) is 0 Å². The molecule has 1 aliphatic heterocycles. The highest BCUT2D eigenvalue weighted by Crippen LogP contribution is 2.11. The van der Waals surface area contributed by atoms with Crippen molar-refractivity contribution in [3.63, 3.8) is 0 Å². The Morgan fingerprint density at radius 1 is 1.35 bits per heavy atom. The molecule has 1 amide bonds. The molecule has 0 bridgehead atoms. The van der Waals surface area contributed by atoms with Crippen molar-refractivity contribution in [2.75, 3.05) is 13.1 Å². The molecule has 5 nitrogen and oxygen atoms in total. The van der Waals surface area contributed by atoms with Crippen molar-refractivity contribution in [1.82, 2.24) is 10.0 Å². The standard InChI is InChI=1S/C12H13N3O2/c13-10-14-7-4-8-15(14)12(16)17-9-11-5-2-1-3-6-11/h1-3,5-6H,4,7-9H2. The SMILES string of the molecule is N#CN1CCCN1C(=O)OCc1ccccc1. The number of carbonyl (C=O) groups is 1. The van der Waals surface area contributed by atoms with Crippen molar-refractivity contribution in [2.24, 2.45) is 0 Å². The zero-order valence-electron chi connectivity index (χ0n) is 9.37. The molecule has 2 rings (SSSR count). The van der Waals surface area contributed by atoms with Gasteiger partial charge in [-0.25, -0.2) is 14.8 Å². The molecule has 0 atom stereocenters. The maximum absolute atomic E-state index is 11.7. The second kappa shape index (κ2) is 5.21. The van der Waals surface area contributed by atoms with Gasteiger partial charge in [0.15, 0.2) is 6.19 Å². The Morgan fingerprint density at radius 3 is 2.82 bits per heavy atom. The summed E-state index contributed by atoms with van der Waals surface area (Å²) in [6, 6.07) is 9.46. The van der Waals surface area contributed by atoms with Crippen LogP contribution in [0.2, 0.25) is 0 Å². The molecular formula is C12H13N3O2. The second-order valence-electron chi connectivity index (χ2n) is 3.74. The van der Waals surface area contributed by atoms with Gasteiger partial charge in [0, 0.05) is 6.54 Å². The van der Waals surface area contributed by atoms with Gasteiger partial charge in [-0.2, -0.15) is 5.26 Å². The topological polar surface area (TPSA) is 56.6 Å². The van der Waals surface area contributed by atoms with Crippen LogP contribution in [0.15, 0.2) is 30.3 Å². The number of hydrogen-bond donors (Lipinski definition) is 0. The average Bonchev–Trinajstić information content (AvgIpc) is 2.85. The van der Waals surface area contributed by atoms with Crippen LogP contribution in [0.25, 0.3) is 0 Å². The van der Waals surface area contributed by atoms with Crippen molar-refractivity contribution >= 4 is 6.09 Å². The summed E-state index contributed by atoms with van der Waals surface area (Å²) in [5, 5.41) is 11.5. The van der Waals surface area contributed by atoms with E-state index in [9.17, 15) is 4.79 Å². The van der Waals surface area contributed by atoms with E-state index in [1.165, 1.54) is 10.0 Å². The van der Waals surface area contributed by atoms with E-state index in [-0.39, 0.29) is 6.61 Å². The van der Waals surface area contributed by atoms with E-state index in [2.05, 4.69) is 0 Å². The lowest BCUT2D eigenvalue weighted by molar-refractivity contribution is 0.0422. The molecular weight excluding hydrogens is 218 g/mol. The number of nitriles is 1. The Labute approximate surface area is 99.8 Å². The summed E-state index contributed by atoms with van der Waals surface area (Å²) in [5.41, 5.74) is 0.934. The van der Waals surface area contributed by atoms with Crippen LogP contribution in [-0.4, -0.2) is 29.2 Å². The Bertz CT molecular complexity index is 427. The number of nitrogens with zero attached hydrogens (tertiary/aromatic N) is 3. The summed E-state index contributed by atoms with van der Waals surface area (Å²) in [5.74, 6) is 0. The molecule has 1 heterocycles. The first kappa shape index (κ1) is 11.3. The fourth-order valence-corrected chi connectivity index (χ4v) is 1.70. The van der Waals surface area contributed by atoms with Gasteiger partial charge in [0.2, 0.25) is 0 Å². The van der Waals surface area contributed by atoms with Gasteiger partial charge in [-0.15, -0.1) is 0 Å². The average molecular weight is 231 g/mol. The molecule has 17 heavy (non-hydrogen) atoms. The van der Waals surface area contributed by atoms with Crippen LogP contribution in [0.4, 0.5) is 4.79 Å². The van der Waals surface area contributed by atoms with E-state index in [1.54, 1.807) is 0 Å². The molecule has 1 saturated heterocycles. The third kappa shape index (κ3) is 2.67. The lowest BCUT2D eigenvalue weighted by atomic mass is 10.2. The van der Waals surface area contributed by atoms with Crippen molar-refractivity contribution in [3.05, 3.63) is 35.9 Å². The molecule has 0 N–H and O–H groups in total. The van der Waals surface area contributed by atoms with E-state index in [1.807, 2.05) is 36.5 Å². The third-order valence-corrected chi connectivity index (χ3v) is 2.56. The minimum absolute atomic E-state index is 0.232. The van der Waals surface area contributed by atoms with Gasteiger partial charge >= 0.3 is 6.09 Å². The van der Waals surface area contributed by atoms with Gasteiger partial charge in [-0.05, 0) is 12.0 Å². The van der Waals surface area contributed by atoms with Crippen LogP contribution in [0.5, 0.6) is 0 Å². The summed E-state index contributed by atoms with van der Waals surface area (Å²) < 4.78 is 5.14. The number of carbonyl (C=O) groups excluding carboxylic acids is 1. The zero-order chi connectivity index (χ0) is 12.1. The highest BCUT2D eigenvalue weighted by Gasteiger charge is 2.26. The molecule has 1 aromatic rings. The van der Waals surface area contributed by atoms with Gasteiger partial charge in [-0.3, -0.25) is 0 Å². The number of rotatable bonds is 2. The Morgan fingerprint density at radius 2 is 2.12 bits per heavy atom. The predicted molar refractivity (Wildman–Crippen MR) is 60.3 cm³/mol. The van der Waals surface area contributed by atoms with Crippen LogP contribution in [0.3, 0.4) is 0 Å². The van der Waals surface area contributed by atoms with E-state index in [0.29, 0.717) is 13.1 Å². The molecule has 1 fully saturated rings. The summed E-state index contributed by atoms with van der Waals surface area (Å²) >= 11 is 0. The molecule has 88 valence electrons. The lowest BCUT2D eigenvalue weighted by Gasteiger charge is -2.21. The van der Waals surface area contributed by atoms with E-state index >= 15 is 0 Å². The minimum Gasteiger partial charge on any atom is -0.443 e. The molecule has 0 aliphatic carbocycles. The fraction of sp³-hybridized carbons (Fsp3) is 0.333. The van der Waals surface area contributed by atoms with Gasteiger partial charge < -0.3 is 4.74 Å². The Balaban J connectivity index is 1.88. The number of amides is 1. The quantitative estimate of drug-likeness (QED) is 0.727. The number of hydrogen-bond acceptors (Lipinski definition) is 4. The molecule has 0 radical (unpaired) electrons. The predicted octanol–water partition coefficient (Wildman–Crippen LogP) is 1.73. The van der Waals surface area contributed by atoms with Crippen LogP contribution in [-0.2, 0) is 11.3 Å². The highest BCUT2D eigenvalue weighted by atomic mass is 16.6. The largest absolute Gasteiger partial charge is 0.443 e. The van der Waals surface area contributed by atoms with E-state index in [4.69, 9.17) is 10.00 Å². The minimum atomic E-state index is -0.465. The first-order chi connectivity index (χ1) is 8.31. The molecule has 1 aromatic carbocycles. The zero-order valence-corrected chi connectivity index (χ0v) is 9.37. The lowest BCUT2D eigenvalue weighted by Crippen LogP contribution is -2.38. The third-order valence-electron chi connectivity index (χ3n) is 2.56. The Hall–Kier alpha value is -2.22. The first-order valence-electron chi connectivity index (χ1n) is 5.46. The van der Waals surface area contributed by atoms with Crippen molar-refractivity contribution in [3.8, 4) is 6.19 Å². The van der Waals surface area contributed by atoms with Gasteiger partial charge in [-0.1, -0.05) is 30.3 Å². The van der Waals surface area contributed by atoms with Crippen LogP contribution in [0.1, 0.15) is 12.0 Å². The van der Waals surface area contributed by atoms with Gasteiger partial charge in [0.05, 0.1) is 6.54 Å². The van der Waals surface area contributed by atoms with E-state index in [0.717, 1.165) is 12.0 Å².